The predicted molar refractivity (Wildman–Crippen MR) is 129 cm³/mol. The van der Waals surface area contributed by atoms with Crippen molar-refractivity contribution in [2.75, 3.05) is 37.0 Å². The summed E-state index contributed by atoms with van der Waals surface area (Å²) in [5.74, 6) is -2.56. The molecule has 1 aromatic rings. The van der Waals surface area contributed by atoms with Gasteiger partial charge in [0.15, 0.2) is 0 Å². The predicted octanol–water partition coefficient (Wildman–Crippen LogP) is 1.86. The van der Waals surface area contributed by atoms with E-state index in [1.54, 1.807) is 14.0 Å². The molecule has 33 heavy (non-hydrogen) atoms. The van der Waals surface area contributed by atoms with Crippen LogP contribution in [-0.2, 0) is 14.4 Å². The molecule has 0 spiro atoms. The van der Waals surface area contributed by atoms with Crippen molar-refractivity contribution in [3.05, 3.63) is 36.4 Å². The molecule has 1 saturated heterocycles. The summed E-state index contributed by atoms with van der Waals surface area (Å²) in [6.45, 7) is 9.32. The van der Waals surface area contributed by atoms with Crippen LogP contribution in [-0.4, -0.2) is 66.6 Å². The molecule has 1 heterocycles. The van der Waals surface area contributed by atoms with Gasteiger partial charge in [0, 0.05) is 37.4 Å². The van der Waals surface area contributed by atoms with Crippen LogP contribution < -0.4 is 15.5 Å². The van der Waals surface area contributed by atoms with E-state index in [1.807, 2.05) is 43.3 Å². The quantitative estimate of drug-likeness (QED) is 0.519. The molecule has 0 saturated carbocycles. The van der Waals surface area contributed by atoms with Crippen LogP contribution in [0, 0.1) is 23.7 Å². The summed E-state index contributed by atoms with van der Waals surface area (Å²) in [5, 5.41) is 15.4. The highest BCUT2D eigenvalue weighted by atomic mass is 16.3. The van der Waals surface area contributed by atoms with Gasteiger partial charge in [0.25, 0.3) is 0 Å². The average molecular weight is 457 g/mol. The van der Waals surface area contributed by atoms with E-state index in [4.69, 9.17) is 0 Å². The first-order valence-electron chi connectivity index (χ1n) is 11.8. The largest absolute Gasteiger partial charge is 0.394 e. The molecule has 0 radical (unpaired) electrons. The van der Waals surface area contributed by atoms with Gasteiger partial charge < -0.3 is 25.5 Å². The fourth-order valence-corrected chi connectivity index (χ4v) is 5.23. The lowest BCUT2D eigenvalue weighted by Gasteiger charge is -2.32. The van der Waals surface area contributed by atoms with E-state index in [9.17, 15) is 19.5 Å². The number of aliphatic hydroxyl groups is 1. The van der Waals surface area contributed by atoms with Crippen LogP contribution in [0.15, 0.2) is 36.4 Å². The Morgan fingerprint density at radius 2 is 1.76 bits per heavy atom. The molecule has 0 bridgehead atoms. The molecule has 0 aromatic heterocycles. The molecule has 1 aromatic carbocycles. The number of rotatable bonds is 8. The van der Waals surface area contributed by atoms with Crippen LogP contribution in [0.5, 0.6) is 0 Å². The number of amides is 3. The van der Waals surface area contributed by atoms with Gasteiger partial charge in [-0.05, 0) is 51.0 Å². The van der Waals surface area contributed by atoms with Crippen LogP contribution in [0.3, 0.4) is 0 Å². The molecule has 1 fully saturated rings. The number of benzene rings is 1. The maximum atomic E-state index is 13.5. The molecular weight excluding hydrogens is 420 g/mol. The maximum Gasteiger partial charge on any atom is 0.247 e. The van der Waals surface area contributed by atoms with Gasteiger partial charge in [-0.25, -0.2) is 0 Å². The topological polar surface area (TPSA) is 102 Å². The SMILES string of the molecule is CCN(CC)c1ccc(NC(=O)[C@@H]2[C@H]3C=C[C@@H](C)[C@@H](C(=O)NC)[C@@H]3C(=O)N2[C@H](C)CO)cc1. The molecule has 3 rings (SSSR count). The van der Waals surface area contributed by atoms with Crippen molar-refractivity contribution in [1.82, 2.24) is 10.2 Å². The molecule has 2 aliphatic rings. The van der Waals surface area contributed by atoms with Crippen molar-refractivity contribution < 1.29 is 19.5 Å². The van der Waals surface area contributed by atoms with Crippen molar-refractivity contribution in [3.8, 4) is 0 Å². The van der Waals surface area contributed by atoms with E-state index >= 15 is 0 Å². The second-order valence-electron chi connectivity index (χ2n) is 8.92. The van der Waals surface area contributed by atoms with Gasteiger partial charge in [-0.15, -0.1) is 0 Å². The summed E-state index contributed by atoms with van der Waals surface area (Å²) in [6, 6.07) is 6.28. The van der Waals surface area contributed by atoms with E-state index in [0.717, 1.165) is 18.8 Å². The lowest BCUT2D eigenvalue weighted by molar-refractivity contribution is -0.142. The third-order valence-electron chi connectivity index (χ3n) is 7.03. The zero-order chi connectivity index (χ0) is 24.3. The van der Waals surface area contributed by atoms with Crippen molar-refractivity contribution in [2.45, 2.75) is 39.8 Å². The third kappa shape index (κ3) is 4.62. The Kier molecular flexibility index (Phi) is 7.79. The molecule has 1 aliphatic heterocycles. The first-order chi connectivity index (χ1) is 15.8. The summed E-state index contributed by atoms with van der Waals surface area (Å²) >= 11 is 0. The van der Waals surface area contributed by atoms with Crippen molar-refractivity contribution in [3.63, 3.8) is 0 Å². The van der Waals surface area contributed by atoms with E-state index in [0.29, 0.717) is 5.69 Å². The molecule has 1 aliphatic carbocycles. The van der Waals surface area contributed by atoms with Gasteiger partial charge >= 0.3 is 0 Å². The van der Waals surface area contributed by atoms with Gasteiger partial charge in [-0.1, -0.05) is 19.1 Å². The van der Waals surface area contributed by atoms with Crippen LogP contribution in [0.2, 0.25) is 0 Å². The summed E-state index contributed by atoms with van der Waals surface area (Å²) in [4.78, 5) is 43.3. The first-order valence-corrected chi connectivity index (χ1v) is 11.8. The summed E-state index contributed by atoms with van der Waals surface area (Å²) in [6.07, 6.45) is 3.81. The van der Waals surface area contributed by atoms with Crippen molar-refractivity contribution in [1.29, 1.82) is 0 Å². The number of hydrogen-bond acceptors (Lipinski definition) is 5. The Balaban J connectivity index is 1.90. The Morgan fingerprint density at radius 3 is 2.30 bits per heavy atom. The van der Waals surface area contributed by atoms with Crippen molar-refractivity contribution in [2.24, 2.45) is 23.7 Å². The number of fused-ring (bicyclic) bond motifs is 1. The fraction of sp³-hybridized carbons (Fsp3) is 0.560. The second kappa shape index (κ2) is 10.4. The Hall–Kier alpha value is -2.87. The smallest absolute Gasteiger partial charge is 0.247 e. The number of aliphatic hydroxyl groups excluding tert-OH is 1. The lowest BCUT2D eigenvalue weighted by atomic mass is 9.70. The van der Waals surface area contributed by atoms with E-state index < -0.39 is 29.8 Å². The van der Waals surface area contributed by atoms with Crippen LogP contribution >= 0.6 is 0 Å². The monoisotopic (exact) mass is 456 g/mol. The van der Waals surface area contributed by atoms with Crippen LogP contribution in [0.1, 0.15) is 27.7 Å². The van der Waals surface area contributed by atoms with E-state index in [1.165, 1.54) is 4.90 Å². The molecule has 8 heteroatoms. The van der Waals surface area contributed by atoms with E-state index in [2.05, 4.69) is 29.4 Å². The van der Waals surface area contributed by atoms with E-state index in [-0.39, 0.29) is 30.2 Å². The van der Waals surface area contributed by atoms with Crippen LogP contribution in [0.4, 0.5) is 11.4 Å². The Morgan fingerprint density at radius 1 is 1.12 bits per heavy atom. The lowest BCUT2D eigenvalue weighted by Crippen LogP contribution is -2.49. The van der Waals surface area contributed by atoms with Gasteiger partial charge in [0.1, 0.15) is 6.04 Å². The zero-order valence-corrected chi connectivity index (χ0v) is 20.1. The molecule has 180 valence electrons. The standard InChI is InChI=1S/C25H36N4O4/c1-6-28(7-2)18-11-9-17(10-12-18)27-24(32)22-19-13-8-15(3)20(23(31)26-5)21(19)25(33)29(22)16(4)14-30/h8-13,15-16,19-22,30H,6-7,14H2,1-5H3,(H,26,31)(H,27,32)/t15-,16-,19+,20-,21-,22+/m1/s1. The number of nitrogens with zero attached hydrogens (tertiary/aromatic N) is 2. The molecular formula is C25H36N4O4. The Labute approximate surface area is 196 Å². The average Bonchev–Trinajstić information content (AvgIpc) is 3.12. The number of nitrogens with one attached hydrogen (secondary N) is 2. The molecule has 8 nitrogen and oxygen atoms in total. The van der Waals surface area contributed by atoms with Gasteiger partial charge in [0.2, 0.25) is 17.7 Å². The number of carbonyl (C=O) groups excluding carboxylic acids is 3. The van der Waals surface area contributed by atoms with Gasteiger partial charge in [-0.2, -0.15) is 0 Å². The minimum absolute atomic E-state index is 0.129. The minimum atomic E-state index is -0.803. The molecule has 3 N–H and O–H groups in total. The van der Waals surface area contributed by atoms with Crippen LogP contribution in [0.25, 0.3) is 0 Å². The Bertz CT molecular complexity index is 896. The maximum absolute atomic E-state index is 13.5. The number of anilines is 2. The summed E-state index contributed by atoms with van der Waals surface area (Å²) in [7, 11) is 1.56. The number of allylic oxidation sites excluding steroid dienone is 1. The molecule has 3 amide bonds. The summed E-state index contributed by atoms with van der Waals surface area (Å²) in [5.41, 5.74) is 1.71. The number of carbonyl (C=O) groups is 3. The normalized spacial score (nSPS) is 27.2. The van der Waals surface area contributed by atoms with Gasteiger partial charge in [0.05, 0.1) is 24.5 Å². The highest BCUT2D eigenvalue weighted by Gasteiger charge is 2.57. The minimum Gasteiger partial charge on any atom is -0.394 e. The zero-order valence-electron chi connectivity index (χ0n) is 20.1. The van der Waals surface area contributed by atoms with Crippen molar-refractivity contribution >= 4 is 29.1 Å². The highest BCUT2D eigenvalue weighted by molar-refractivity contribution is 6.02. The molecule has 0 unspecified atom stereocenters. The summed E-state index contributed by atoms with van der Waals surface area (Å²) < 4.78 is 0. The third-order valence-corrected chi connectivity index (χ3v) is 7.03. The molecule has 6 atom stereocenters. The van der Waals surface area contributed by atoms with Gasteiger partial charge in [-0.3, -0.25) is 14.4 Å². The number of hydrogen-bond donors (Lipinski definition) is 3. The fourth-order valence-electron chi connectivity index (χ4n) is 5.23. The first kappa shape index (κ1) is 24.8. The number of likely N-dealkylation sites (tertiary alicyclic amines) is 1. The second-order valence-corrected chi connectivity index (χ2v) is 8.92. The highest BCUT2D eigenvalue weighted by Crippen LogP contribution is 2.44.